The number of aryl methyl sites for hydroxylation is 3. The first kappa shape index (κ1) is 20.9. The van der Waals surface area contributed by atoms with Crippen LogP contribution < -0.4 is 5.32 Å². The zero-order valence-corrected chi connectivity index (χ0v) is 17.2. The average molecular weight is 406 g/mol. The fourth-order valence-electron chi connectivity index (χ4n) is 2.89. The predicted molar refractivity (Wildman–Crippen MR) is 111 cm³/mol. The molecule has 0 aliphatic rings. The summed E-state index contributed by atoms with van der Waals surface area (Å²) in [6.45, 7) is 6.57. The van der Waals surface area contributed by atoms with Gasteiger partial charge in [0.05, 0.1) is 11.4 Å². The molecule has 8 heteroatoms. The number of carbonyl (C=O) groups is 3. The van der Waals surface area contributed by atoms with Gasteiger partial charge < -0.3 is 10.1 Å². The normalized spacial score (nSPS) is 10.5. The molecular formula is C22H22N4O4. The van der Waals surface area contributed by atoms with Crippen molar-refractivity contribution in [3.63, 3.8) is 0 Å². The first-order valence-electron chi connectivity index (χ1n) is 9.34. The molecule has 8 nitrogen and oxygen atoms in total. The molecule has 0 aliphatic carbocycles. The van der Waals surface area contributed by atoms with Crippen molar-refractivity contribution in [3.05, 3.63) is 70.5 Å². The van der Waals surface area contributed by atoms with E-state index >= 15 is 0 Å². The lowest BCUT2D eigenvalue weighted by Crippen LogP contribution is -2.21. The van der Waals surface area contributed by atoms with E-state index in [0.717, 1.165) is 16.8 Å². The first-order valence-corrected chi connectivity index (χ1v) is 9.34. The fourth-order valence-corrected chi connectivity index (χ4v) is 2.89. The molecule has 1 N–H and O–H groups in total. The summed E-state index contributed by atoms with van der Waals surface area (Å²) in [7, 11) is 0. The summed E-state index contributed by atoms with van der Waals surface area (Å²) in [6, 6.07) is 12.2. The van der Waals surface area contributed by atoms with Crippen molar-refractivity contribution in [3.8, 4) is 5.69 Å². The zero-order chi connectivity index (χ0) is 21.8. The number of anilines is 1. The Balaban J connectivity index is 1.62. The molecule has 0 atom stereocenters. The van der Waals surface area contributed by atoms with Crippen LogP contribution in [0.15, 0.2) is 42.5 Å². The molecule has 0 bridgehead atoms. The summed E-state index contributed by atoms with van der Waals surface area (Å²) in [5.74, 6) is -1.30. The van der Waals surface area contributed by atoms with E-state index in [4.69, 9.17) is 4.74 Å². The van der Waals surface area contributed by atoms with Crippen molar-refractivity contribution in [2.24, 2.45) is 0 Å². The Labute approximate surface area is 173 Å². The highest BCUT2D eigenvalue weighted by Crippen LogP contribution is 2.16. The molecule has 1 aromatic heterocycles. The van der Waals surface area contributed by atoms with Crippen LogP contribution in [0.2, 0.25) is 0 Å². The van der Waals surface area contributed by atoms with Gasteiger partial charge in [0.25, 0.3) is 5.91 Å². The number of Topliss-reactive ketones (excluding diaryl/α,β-unsaturated/α-hetero) is 1. The molecule has 0 aliphatic heterocycles. The molecule has 0 fully saturated rings. The number of hydrogen-bond acceptors (Lipinski definition) is 6. The van der Waals surface area contributed by atoms with Crippen LogP contribution in [0.25, 0.3) is 5.69 Å². The highest BCUT2D eigenvalue weighted by atomic mass is 16.5. The second kappa shape index (κ2) is 8.69. The van der Waals surface area contributed by atoms with Gasteiger partial charge >= 0.3 is 5.97 Å². The van der Waals surface area contributed by atoms with E-state index in [1.54, 1.807) is 31.2 Å². The lowest BCUT2D eigenvalue weighted by molar-refractivity contribution is -0.119. The molecule has 0 unspecified atom stereocenters. The number of aromatic nitrogens is 3. The average Bonchev–Trinajstić information content (AvgIpc) is 3.08. The smallest absolute Gasteiger partial charge is 0.361 e. The van der Waals surface area contributed by atoms with Crippen molar-refractivity contribution in [1.82, 2.24) is 15.0 Å². The fraction of sp³-hybridized carbons (Fsp3) is 0.227. The maximum Gasteiger partial charge on any atom is 0.361 e. The van der Waals surface area contributed by atoms with Gasteiger partial charge in [-0.3, -0.25) is 9.59 Å². The van der Waals surface area contributed by atoms with Gasteiger partial charge in [-0.15, -0.1) is 5.10 Å². The number of ether oxygens (including phenoxy) is 1. The monoisotopic (exact) mass is 406 g/mol. The minimum atomic E-state index is -0.731. The molecule has 30 heavy (non-hydrogen) atoms. The SMILES string of the molecule is CC(=O)c1ccc(NC(=O)COC(=O)c2nn(-c3ccc(C)cc3C)nc2C)cc1. The highest BCUT2D eigenvalue weighted by Gasteiger charge is 2.19. The maximum absolute atomic E-state index is 12.4. The second-order valence-corrected chi connectivity index (χ2v) is 6.97. The van der Waals surface area contributed by atoms with Crippen LogP contribution in [0.1, 0.15) is 44.6 Å². The van der Waals surface area contributed by atoms with E-state index in [9.17, 15) is 14.4 Å². The van der Waals surface area contributed by atoms with Gasteiger partial charge in [-0.1, -0.05) is 17.7 Å². The van der Waals surface area contributed by atoms with Crippen molar-refractivity contribution in [2.45, 2.75) is 27.7 Å². The van der Waals surface area contributed by atoms with Crippen LogP contribution in [-0.2, 0) is 9.53 Å². The third-order valence-electron chi connectivity index (χ3n) is 4.45. The van der Waals surface area contributed by atoms with Gasteiger partial charge in [-0.05, 0) is 63.6 Å². The number of rotatable bonds is 6. The number of nitrogens with one attached hydrogen (secondary N) is 1. The molecule has 154 valence electrons. The lowest BCUT2D eigenvalue weighted by Gasteiger charge is -2.06. The third-order valence-corrected chi connectivity index (χ3v) is 4.45. The number of ketones is 1. The minimum Gasteiger partial charge on any atom is -0.451 e. The van der Waals surface area contributed by atoms with Crippen LogP contribution in [0.3, 0.4) is 0 Å². The van der Waals surface area contributed by atoms with Crippen molar-refractivity contribution in [2.75, 3.05) is 11.9 Å². The molecule has 0 radical (unpaired) electrons. The molecular weight excluding hydrogens is 384 g/mol. The highest BCUT2D eigenvalue weighted by molar-refractivity contribution is 5.97. The van der Waals surface area contributed by atoms with Gasteiger partial charge in [-0.2, -0.15) is 9.90 Å². The zero-order valence-electron chi connectivity index (χ0n) is 17.2. The Morgan fingerprint density at radius 1 is 1.00 bits per heavy atom. The maximum atomic E-state index is 12.4. The largest absolute Gasteiger partial charge is 0.451 e. The molecule has 2 aromatic carbocycles. The first-order chi connectivity index (χ1) is 14.2. The van der Waals surface area contributed by atoms with E-state index in [1.807, 2.05) is 32.0 Å². The van der Waals surface area contributed by atoms with Crippen molar-refractivity contribution in [1.29, 1.82) is 0 Å². The Hall–Kier alpha value is -3.81. The summed E-state index contributed by atoms with van der Waals surface area (Å²) >= 11 is 0. The summed E-state index contributed by atoms with van der Waals surface area (Å²) < 4.78 is 5.08. The Bertz CT molecular complexity index is 1120. The molecule has 0 spiro atoms. The van der Waals surface area contributed by atoms with Gasteiger partial charge in [0.1, 0.15) is 0 Å². The molecule has 3 aromatic rings. The van der Waals surface area contributed by atoms with Crippen LogP contribution in [-0.4, -0.2) is 39.3 Å². The summed E-state index contributed by atoms with van der Waals surface area (Å²) in [6.07, 6.45) is 0. The number of esters is 1. The Kier molecular flexibility index (Phi) is 6.06. The lowest BCUT2D eigenvalue weighted by atomic mass is 10.1. The summed E-state index contributed by atoms with van der Waals surface area (Å²) in [5.41, 5.74) is 4.34. The molecule has 1 heterocycles. The molecule has 1 amide bonds. The van der Waals surface area contributed by atoms with Crippen molar-refractivity contribution < 1.29 is 19.1 Å². The minimum absolute atomic E-state index is 0.0496. The molecule has 3 rings (SSSR count). The van der Waals surface area contributed by atoms with Gasteiger partial charge in [0.2, 0.25) is 0 Å². The third kappa shape index (κ3) is 4.78. The number of hydrogen-bond donors (Lipinski definition) is 1. The van der Waals surface area contributed by atoms with E-state index in [2.05, 4.69) is 15.5 Å². The van der Waals surface area contributed by atoms with Crippen LogP contribution in [0.4, 0.5) is 5.69 Å². The molecule has 0 saturated carbocycles. The molecule has 0 saturated heterocycles. The number of carbonyl (C=O) groups excluding carboxylic acids is 3. The Morgan fingerprint density at radius 3 is 2.33 bits per heavy atom. The van der Waals surface area contributed by atoms with Crippen LogP contribution in [0.5, 0.6) is 0 Å². The Morgan fingerprint density at radius 2 is 1.70 bits per heavy atom. The van der Waals surface area contributed by atoms with Gasteiger partial charge in [0, 0.05) is 11.3 Å². The topological polar surface area (TPSA) is 103 Å². The summed E-state index contributed by atoms with van der Waals surface area (Å²) in [4.78, 5) is 37.1. The van der Waals surface area contributed by atoms with E-state index in [1.165, 1.54) is 11.7 Å². The quantitative estimate of drug-likeness (QED) is 0.498. The number of nitrogens with zero attached hydrogens (tertiary/aromatic N) is 3. The predicted octanol–water partition coefficient (Wildman–Crippen LogP) is 3.19. The number of amides is 1. The second-order valence-electron chi connectivity index (χ2n) is 6.97. The van der Waals surface area contributed by atoms with Crippen molar-refractivity contribution >= 4 is 23.3 Å². The van der Waals surface area contributed by atoms with Crippen LogP contribution in [0, 0.1) is 20.8 Å². The van der Waals surface area contributed by atoms with E-state index in [-0.39, 0.29) is 11.5 Å². The number of benzene rings is 2. The standard InChI is InChI=1S/C22H22N4O4/c1-13-5-10-19(14(2)11-13)26-24-15(3)21(25-26)22(29)30-12-20(28)23-18-8-6-17(7-9-18)16(4)27/h5-11H,12H2,1-4H3,(H,23,28). The van der Waals surface area contributed by atoms with Gasteiger partial charge in [0.15, 0.2) is 18.1 Å². The van der Waals surface area contributed by atoms with E-state index < -0.39 is 18.5 Å². The van der Waals surface area contributed by atoms with Crippen LogP contribution >= 0.6 is 0 Å². The van der Waals surface area contributed by atoms with E-state index in [0.29, 0.717) is 16.9 Å². The summed E-state index contributed by atoms with van der Waals surface area (Å²) in [5, 5.41) is 11.1. The van der Waals surface area contributed by atoms with Gasteiger partial charge in [-0.25, -0.2) is 4.79 Å².